The van der Waals surface area contributed by atoms with Crippen molar-refractivity contribution in [2.45, 2.75) is 48.9 Å². The van der Waals surface area contributed by atoms with Gasteiger partial charge in [0.25, 0.3) is 5.69 Å². The summed E-state index contributed by atoms with van der Waals surface area (Å²) in [6.45, 7) is -1.04. The maximum absolute atomic E-state index is 16.7. The van der Waals surface area contributed by atoms with E-state index in [0.29, 0.717) is 44.6 Å². The maximum Gasteiger partial charge on any atom is 0.421 e. The van der Waals surface area contributed by atoms with Crippen LogP contribution in [0.4, 0.5) is 16.2 Å². The van der Waals surface area contributed by atoms with Crippen LogP contribution in [0.5, 0.6) is 5.75 Å². The van der Waals surface area contributed by atoms with E-state index < -0.39 is 77.1 Å². The van der Waals surface area contributed by atoms with Crippen molar-refractivity contribution < 1.29 is 48.5 Å². The highest BCUT2D eigenvalue weighted by molar-refractivity contribution is 6.23. The molecule has 3 amide bonds. The van der Waals surface area contributed by atoms with E-state index in [9.17, 15) is 20.3 Å². The molecule has 1 spiro atoms. The Kier molecular flexibility index (Phi) is 14.0. The molecule has 3 aliphatic rings. The van der Waals surface area contributed by atoms with Gasteiger partial charge < -0.3 is 29.7 Å². The molecule has 7 aromatic carbocycles. The van der Waals surface area contributed by atoms with Gasteiger partial charge in [0.1, 0.15) is 48.6 Å². The summed E-state index contributed by atoms with van der Waals surface area (Å²) in [4.78, 5) is 76.9. The summed E-state index contributed by atoms with van der Waals surface area (Å²) in [7, 11) is 0. The van der Waals surface area contributed by atoms with Crippen LogP contribution < -0.4 is 15.0 Å². The van der Waals surface area contributed by atoms with Gasteiger partial charge in [0.05, 0.1) is 46.8 Å². The van der Waals surface area contributed by atoms with Crippen LogP contribution in [0.1, 0.15) is 63.2 Å². The summed E-state index contributed by atoms with van der Waals surface area (Å²) in [5.41, 5.74) is 2.14. The first kappa shape index (κ1) is 50.6. The van der Waals surface area contributed by atoms with E-state index >= 15 is 19.2 Å². The first-order valence-electron chi connectivity index (χ1n) is 25.1. The minimum absolute atomic E-state index is 0.0328. The fourth-order valence-corrected chi connectivity index (χ4v) is 11.2. The molecule has 0 bridgehead atoms. The van der Waals surface area contributed by atoms with Crippen LogP contribution in [0.15, 0.2) is 182 Å². The van der Waals surface area contributed by atoms with E-state index in [1.807, 2.05) is 89.8 Å². The van der Waals surface area contributed by atoms with Crippen LogP contribution in [-0.4, -0.2) is 84.7 Å². The number of ether oxygens (including phenoxy) is 3. The van der Waals surface area contributed by atoms with Crippen molar-refractivity contribution in [3.63, 3.8) is 0 Å². The number of anilines is 1. The quantitative estimate of drug-likeness (QED) is 0.0412. The number of esters is 1. The third kappa shape index (κ3) is 9.25. The molecule has 390 valence electrons. The predicted molar refractivity (Wildman–Crippen MR) is 283 cm³/mol. The third-order valence-corrected chi connectivity index (χ3v) is 14.5. The maximum atomic E-state index is 16.7. The third-order valence-electron chi connectivity index (χ3n) is 14.5. The number of imide groups is 1. The van der Waals surface area contributed by atoms with E-state index in [0.717, 1.165) is 10.4 Å². The van der Waals surface area contributed by atoms with E-state index in [1.165, 1.54) is 24.3 Å². The number of cyclic esters (lactones) is 1. The van der Waals surface area contributed by atoms with E-state index in [-0.39, 0.29) is 43.2 Å². The Morgan fingerprint density at radius 2 is 1.50 bits per heavy atom. The molecular formula is C60H49N7O11. The fraction of sp³-hybridized carbons (Fsp3) is 0.200. The number of aliphatic hydroxyl groups is 2. The summed E-state index contributed by atoms with van der Waals surface area (Å²) in [5, 5.41) is 44.4. The van der Waals surface area contributed by atoms with Crippen molar-refractivity contribution in [2.24, 2.45) is 5.92 Å². The topological polar surface area (TPSA) is 229 Å². The zero-order chi connectivity index (χ0) is 53.9. The average Bonchev–Trinajstić information content (AvgIpc) is 4.22. The number of non-ortho nitro benzene ring substituents is 1. The van der Waals surface area contributed by atoms with Crippen LogP contribution in [0.25, 0.3) is 11.0 Å². The van der Waals surface area contributed by atoms with Crippen LogP contribution >= 0.6 is 0 Å². The lowest BCUT2D eigenvalue weighted by molar-refractivity contribution is -0.384. The largest absolute Gasteiger partial charge is 0.491 e. The number of benzene rings is 7. The van der Waals surface area contributed by atoms with E-state index in [1.54, 1.807) is 77.5 Å². The van der Waals surface area contributed by atoms with Crippen LogP contribution in [0, 0.1) is 27.9 Å². The second kappa shape index (κ2) is 21.6. The summed E-state index contributed by atoms with van der Waals surface area (Å²) >= 11 is 0. The highest BCUT2D eigenvalue weighted by atomic mass is 16.6. The molecule has 2 fully saturated rings. The van der Waals surface area contributed by atoms with Gasteiger partial charge in [-0.05, 0) is 88.0 Å². The Hall–Kier alpha value is -9.54. The summed E-state index contributed by atoms with van der Waals surface area (Å²) in [6, 6.07) is 47.8. The van der Waals surface area contributed by atoms with Crippen molar-refractivity contribution >= 4 is 46.3 Å². The smallest absolute Gasteiger partial charge is 0.421 e. The molecule has 3 aliphatic heterocycles. The number of amides is 3. The molecule has 4 heterocycles. The molecule has 7 atom stereocenters. The Bertz CT molecular complexity index is 3630. The van der Waals surface area contributed by atoms with Crippen LogP contribution in [-0.2, 0) is 42.4 Å². The Morgan fingerprint density at radius 3 is 2.23 bits per heavy atom. The van der Waals surface area contributed by atoms with Gasteiger partial charge in [0, 0.05) is 24.2 Å². The molecule has 3 N–H and O–H groups in total. The molecule has 0 unspecified atom stereocenters. The summed E-state index contributed by atoms with van der Waals surface area (Å²) < 4.78 is 20.2. The minimum Gasteiger partial charge on any atom is -0.491 e. The molecule has 11 rings (SSSR count). The molecule has 0 aliphatic carbocycles. The number of carbonyl (C=O) groups is 4. The number of aromatic nitrogens is 3. The van der Waals surface area contributed by atoms with Crippen LogP contribution in [0.3, 0.4) is 0 Å². The zero-order valence-electron chi connectivity index (χ0n) is 41.6. The van der Waals surface area contributed by atoms with Crippen molar-refractivity contribution in [1.29, 1.82) is 0 Å². The van der Waals surface area contributed by atoms with Crippen LogP contribution in [0.2, 0.25) is 0 Å². The monoisotopic (exact) mass is 1040 g/mol. The molecular weight excluding hydrogens is 995 g/mol. The Morgan fingerprint density at radius 1 is 0.808 bits per heavy atom. The van der Waals surface area contributed by atoms with Gasteiger partial charge in [-0.15, -0.1) is 5.10 Å². The lowest BCUT2D eigenvalue weighted by Gasteiger charge is -2.46. The standard InChI is InChI=1S/C60H49N7O11/c68-32-33-76-45-22-12-21-43(35-45)55-60(51(56(70)61-36-50(69)40-15-4-1-5-16-40)53-57(71)78-54(42-19-8-3-9-20-42)52(66(53)55)41-17-6-2-7-18-41)46-34-38(14-13-31-64-49-24-11-10-23-47(49)62-63-64)27-30-48(46)65(58(60)72)59(73)77-37-39-25-28-44(29-26-39)67(74)75/h1-12,15-30,34-35,50-55,68-69H,31-33,36-37H2,(H,61,70)/t50-,51+,52+,53+,54-,55-,60+/m0/s1. The van der Waals surface area contributed by atoms with Crippen molar-refractivity contribution in [3.05, 3.63) is 231 Å². The number of hydrogen-bond donors (Lipinski definition) is 3. The number of hydrogen-bond acceptors (Lipinski definition) is 14. The number of nitro benzene ring substituents is 1. The first-order valence-corrected chi connectivity index (χ1v) is 25.1. The number of morpholine rings is 1. The van der Waals surface area contributed by atoms with Gasteiger partial charge in [0.15, 0.2) is 0 Å². The number of nitro groups is 1. The van der Waals surface area contributed by atoms with Gasteiger partial charge in [-0.25, -0.2) is 14.4 Å². The second-order valence-electron chi connectivity index (χ2n) is 19.0. The molecule has 1 aromatic heterocycles. The lowest BCUT2D eigenvalue weighted by Crippen LogP contribution is -2.56. The number of rotatable bonds is 14. The number of para-hydroxylation sites is 1. The molecule has 2 saturated heterocycles. The number of nitrogens with zero attached hydrogens (tertiary/aromatic N) is 6. The Labute approximate surface area is 446 Å². The number of aliphatic hydroxyl groups excluding tert-OH is 2. The molecule has 18 heteroatoms. The van der Waals surface area contributed by atoms with E-state index in [2.05, 4.69) is 27.5 Å². The van der Waals surface area contributed by atoms with Gasteiger partial charge in [-0.2, -0.15) is 0 Å². The molecule has 8 aromatic rings. The highest BCUT2D eigenvalue weighted by Gasteiger charge is 2.76. The predicted octanol–water partition coefficient (Wildman–Crippen LogP) is 7.61. The van der Waals surface area contributed by atoms with Gasteiger partial charge >= 0.3 is 12.1 Å². The summed E-state index contributed by atoms with van der Waals surface area (Å²) in [6.07, 6.45) is -3.38. The van der Waals surface area contributed by atoms with Crippen molar-refractivity contribution in [2.75, 3.05) is 24.7 Å². The fourth-order valence-electron chi connectivity index (χ4n) is 11.2. The molecule has 18 nitrogen and oxygen atoms in total. The summed E-state index contributed by atoms with van der Waals surface area (Å²) in [5.74, 6) is 2.39. The number of nitrogens with one attached hydrogen (secondary N) is 1. The van der Waals surface area contributed by atoms with Gasteiger partial charge in [0.2, 0.25) is 11.8 Å². The molecule has 78 heavy (non-hydrogen) atoms. The second-order valence-corrected chi connectivity index (χ2v) is 19.0. The van der Waals surface area contributed by atoms with Crippen molar-refractivity contribution in [3.8, 4) is 17.6 Å². The van der Waals surface area contributed by atoms with E-state index in [4.69, 9.17) is 14.2 Å². The first-order chi connectivity index (χ1) is 38.1. The Balaban J connectivity index is 1.14. The van der Waals surface area contributed by atoms with Gasteiger partial charge in [-0.1, -0.05) is 132 Å². The van der Waals surface area contributed by atoms with Crippen molar-refractivity contribution in [1.82, 2.24) is 25.2 Å². The molecule has 0 saturated carbocycles. The average molecular weight is 1040 g/mol. The lowest BCUT2D eigenvalue weighted by atomic mass is 9.65. The van der Waals surface area contributed by atoms with Gasteiger partial charge in [-0.3, -0.25) is 29.4 Å². The zero-order valence-corrected chi connectivity index (χ0v) is 41.6. The normalized spacial score (nSPS) is 20.7. The number of carbonyl (C=O) groups excluding carboxylic acids is 4. The highest BCUT2D eigenvalue weighted by Crippen LogP contribution is 2.66. The SMILES string of the molecule is O=C1O[C@@H](c2ccccc2)[C@@H](c2ccccc2)N2[C@@H](c3cccc(OCCO)c3)[C@]3(C(=O)N(C(=O)OCc4ccc([N+](=O)[O-])cc4)c4ccc(C#CCn5nnc6ccccc65)cc43)[C@@H](C(=O)NC[C@H](O)c3ccccc3)[C@H]12. The number of fused-ring (bicyclic) bond motifs is 4. The molecule has 0 radical (unpaired) electrons. The minimum atomic E-state index is -2.23.